The van der Waals surface area contributed by atoms with Crippen molar-refractivity contribution in [2.24, 2.45) is 0 Å². The molecule has 0 saturated heterocycles. The molecule has 20 heavy (non-hydrogen) atoms. The molecule has 0 fully saturated rings. The van der Waals surface area contributed by atoms with Crippen molar-refractivity contribution in [3.8, 4) is 5.75 Å². The van der Waals surface area contributed by atoms with Crippen LogP contribution in [0.4, 0.5) is 0 Å². The molecule has 1 heterocycles. The smallest absolute Gasteiger partial charge is 0.131 e. The van der Waals surface area contributed by atoms with Gasteiger partial charge in [-0.3, -0.25) is 0 Å². The van der Waals surface area contributed by atoms with Gasteiger partial charge in [-0.15, -0.1) is 11.3 Å². The van der Waals surface area contributed by atoms with Gasteiger partial charge >= 0.3 is 0 Å². The highest BCUT2D eigenvalue weighted by Crippen LogP contribution is 2.17. The molecule has 2 rings (SSSR count). The van der Waals surface area contributed by atoms with Gasteiger partial charge in [-0.25, -0.2) is 4.98 Å². The second-order valence-corrected chi connectivity index (χ2v) is 5.91. The number of aliphatic hydroxyl groups excluding tert-OH is 1. The van der Waals surface area contributed by atoms with E-state index in [1.54, 1.807) is 18.3 Å². The minimum atomic E-state index is -0.311. The van der Waals surface area contributed by atoms with Crippen molar-refractivity contribution in [2.45, 2.75) is 45.8 Å². The fraction of sp³-hybridized carbons (Fsp3) is 0.438. The SMILES string of the molecule is CCCc1nc(COc2ccc(CC(C)O)cc2)cs1. The maximum absolute atomic E-state index is 9.33. The van der Waals surface area contributed by atoms with Crippen LogP contribution in [0.5, 0.6) is 5.75 Å². The first-order valence-corrected chi connectivity index (χ1v) is 7.88. The lowest BCUT2D eigenvalue weighted by molar-refractivity contribution is 0.195. The van der Waals surface area contributed by atoms with Gasteiger partial charge in [0.05, 0.1) is 16.8 Å². The van der Waals surface area contributed by atoms with Gasteiger partial charge in [-0.1, -0.05) is 19.1 Å². The molecule has 0 aliphatic heterocycles. The lowest BCUT2D eigenvalue weighted by Gasteiger charge is -2.07. The first kappa shape index (κ1) is 15.0. The Kier molecular flexibility index (Phi) is 5.56. The number of nitrogens with zero attached hydrogens (tertiary/aromatic N) is 1. The van der Waals surface area contributed by atoms with Crippen molar-refractivity contribution < 1.29 is 9.84 Å². The van der Waals surface area contributed by atoms with Gasteiger partial charge in [0.1, 0.15) is 12.4 Å². The maximum Gasteiger partial charge on any atom is 0.131 e. The quantitative estimate of drug-likeness (QED) is 0.847. The summed E-state index contributed by atoms with van der Waals surface area (Å²) in [4.78, 5) is 4.53. The van der Waals surface area contributed by atoms with Crippen LogP contribution in [0.15, 0.2) is 29.6 Å². The maximum atomic E-state index is 9.33. The summed E-state index contributed by atoms with van der Waals surface area (Å²) in [6.45, 7) is 4.46. The summed E-state index contributed by atoms with van der Waals surface area (Å²) in [5.41, 5.74) is 2.11. The second-order valence-electron chi connectivity index (χ2n) is 4.97. The van der Waals surface area contributed by atoms with Crippen molar-refractivity contribution >= 4 is 11.3 Å². The van der Waals surface area contributed by atoms with Gasteiger partial charge in [0.25, 0.3) is 0 Å². The van der Waals surface area contributed by atoms with E-state index in [2.05, 4.69) is 17.3 Å². The molecule has 1 aromatic carbocycles. The van der Waals surface area contributed by atoms with Crippen LogP contribution in [-0.2, 0) is 19.4 Å². The van der Waals surface area contributed by atoms with Crippen LogP contribution in [-0.4, -0.2) is 16.2 Å². The third kappa shape index (κ3) is 4.62. The molecule has 0 saturated carbocycles. The summed E-state index contributed by atoms with van der Waals surface area (Å²) < 4.78 is 5.73. The number of thiazole rings is 1. The largest absolute Gasteiger partial charge is 0.487 e. The fourth-order valence-electron chi connectivity index (χ4n) is 1.96. The number of hydrogen-bond acceptors (Lipinski definition) is 4. The number of hydrogen-bond donors (Lipinski definition) is 1. The molecule has 4 heteroatoms. The van der Waals surface area contributed by atoms with Gasteiger partial charge < -0.3 is 9.84 Å². The molecular weight excluding hydrogens is 270 g/mol. The van der Waals surface area contributed by atoms with Gasteiger partial charge in [0, 0.05) is 5.38 Å². The number of aliphatic hydroxyl groups is 1. The molecule has 1 atom stereocenters. The fourth-order valence-corrected chi connectivity index (χ4v) is 2.85. The molecule has 0 aliphatic rings. The molecule has 0 amide bonds. The molecule has 0 aliphatic carbocycles. The van der Waals surface area contributed by atoms with Crippen molar-refractivity contribution in [3.63, 3.8) is 0 Å². The monoisotopic (exact) mass is 291 g/mol. The minimum absolute atomic E-state index is 0.311. The predicted octanol–water partition coefficient (Wildman–Crippen LogP) is 3.60. The van der Waals surface area contributed by atoms with E-state index in [0.29, 0.717) is 13.0 Å². The van der Waals surface area contributed by atoms with Crippen molar-refractivity contribution in [1.29, 1.82) is 0 Å². The standard InChI is InChI=1S/C16H21NO2S/c1-3-4-16-17-14(11-20-16)10-19-15-7-5-13(6-8-15)9-12(2)18/h5-8,11-12,18H,3-4,9-10H2,1-2H3. The highest BCUT2D eigenvalue weighted by Gasteiger charge is 2.03. The number of aromatic nitrogens is 1. The average molecular weight is 291 g/mol. The Morgan fingerprint density at radius 1 is 1.30 bits per heavy atom. The molecule has 1 unspecified atom stereocenters. The van der Waals surface area contributed by atoms with E-state index in [1.807, 2.05) is 24.3 Å². The lowest BCUT2D eigenvalue weighted by atomic mass is 10.1. The molecular formula is C16H21NO2S. The van der Waals surface area contributed by atoms with E-state index in [9.17, 15) is 5.11 Å². The topological polar surface area (TPSA) is 42.4 Å². The summed E-state index contributed by atoms with van der Waals surface area (Å²) in [5, 5.41) is 12.6. The zero-order chi connectivity index (χ0) is 14.4. The third-order valence-corrected chi connectivity index (χ3v) is 3.86. The number of rotatable bonds is 7. The Balaban J connectivity index is 1.86. The van der Waals surface area contributed by atoms with Gasteiger partial charge in [-0.05, 0) is 43.9 Å². The van der Waals surface area contributed by atoms with Crippen LogP contribution in [0.3, 0.4) is 0 Å². The molecule has 108 valence electrons. The molecule has 3 nitrogen and oxygen atoms in total. The van der Waals surface area contributed by atoms with Crippen LogP contribution < -0.4 is 4.74 Å². The average Bonchev–Trinajstić information content (AvgIpc) is 2.86. The normalized spacial score (nSPS) is 12.3. The Morgan fingerprint density at radius 2 is 2.05 bits per heavy atom. The molecule has 0 radical (unpaired) electrons. The Bertz CT molecular complexity index is 520. The zero-order valence-corrected chi connectivity index (χ0v) is 12.8. The Morgan fingerprint density at radius 3 is 2.70 bits per heavy atom. The van der Waals surface area contributed by atoms with Crippen molar-refractivity contribution in [2.75, 3.05) is 0 Å². The number of aryl methyl sites for hydroxylation is 1. The summed E-state index contributed by atoms with van der Waals surface area (Å²) >= 11 is 1.70. The molecule has 1 N–H and O–H groups in total. The predicted molar refractivity (Wildman–Crippen MR) is 82.3 cm³/mol. The van der Waals surface area contributed by atoms with E-state index >= 15 is 0 Å². The Hall–Kier alpha value is -1.39. The van der Waals surface area contributed by atoms with E-state index in [-0.39, 0.29) is 6.10 Å². The Labute approximate surface area is 124 Å². The zero-order valence-electron chi connectivity index (χ0n) is 12.0. The molecule has 0 spiro atoms. The minimum Gasteiger partial charge on any atom is -0.487 e. The van der Waals surface area contributed by atoms with Crippen LogP contribution >= 0.6 is 11.3 Å². The number of benzene rings is 1. The first-order chi connectivity index (χ1) is 9.67. The second kappa shape index (κ2) is 7.41. The summed E-state index contributed by atoms with van der Waals surface area (Å²) in [5.74, 6) is 0.837. The number of ether oxygens (including phenoxy) is 1. The van der Waals surface area contributed by atoms with Crippen LogP contribution in [0.2, 0.25) is 0 Å². The highest BCUT2D eigenvalue weighted by atomic mass is 32.1. The third-order valence-electron chi connectivity index (χ3n) is 2.90. The van der Waals surface area contributed by atoms with E-state index in [1.165, 1.54) is 5.01 Å². The summed E-state index contributed by atoms with van der Waals surface area (Å²) in [6, 6.07) is 7.87. The van der Waals surface area contributed by atoms with Crippen LogP contribution in [0.25, 0.3) is 0 Å². The van der Waals surface area contributed by atoms with Crippen LogP contribution in [0.1, 0.15) is 36.5 Å². The molecule has 1 aromatic heterocycles. The highest BCUT2D eigenvalue weighted by molar-refractivity contribution is 7.09. The summed E-state index contributed by atoms with van der Waals surface area (Å²) in [6.07, 6.45) is 2.53. The van der Waals surface area contributed by atoms with E-state index < -0.39 is 0 Å². The first-order valence-electron chi connectivity index (χ1n) is 7.00. The molecule has 2 aromatic rings. The van der Waals surface area contributed by atoms with E-state index in [0.717, 1.165) is 29.8 Å². The van der Waals surface area contributed by atoms with E-state index in [4.69, 9.17) is 4.74 Å². The lowest BCUT2D eigenvalue weighted by Crippen LogP contribution is -2.04. The van der Waals surface area contributed by atoms with Crippen LogP contribution in [0, 0.1) is 0 Å². The van der Waals surface area contributed by atoms with Crippen molar-refractivity contribution in [3.05, 3.63) is 45.9 Å². The van der Waals surface area contributed by atoms with Gasteiger partial charge in [-0.2, -0.15) is 0 Å². The van der Waals surface area contributed by atoms with Gasteiger partial charge in [0.15, 0.2) is 0 Å². The van der Waals surface area contributed by atoms with Gasteiger partial charge in [0.2, 0.25) is 0 Å². The van der Waals surface area contributed by atoms with Crippen molar-refractivity contribution in [1.82, 2.24) is 4.98 Å². The molecule has 0 bridgehead atoms. The summed E-state index contributed by atoms with van der Waals surface area (Å²) in [7, 11) is 0.